The van der Waals surface area contributed by atoms with Gasteiger partial charge in [-0.1, -0.05) is 30.3 Å². The Morgan fingerprint density at radius 2 is 1.94 bits per heavy atom. The Balaban J connectivity index is 2.00. The van der Waals surface area contributed by atoms with Gasteiger partial charge in [-0.2, -0.15) is 0 Å². The zero-order valence-electron chi connectivity index (χ0n) is 10.3. The summed E-state index contributed by atoms with van der Waals surface area (Å²) in [4.78, 5) is 0. The fourth-order valence-electron chi connectivity index (χ4n) is 1.78. The highest BCUT2D eigenvalue weighted by Gasteiger charge is 2.11. The van der Waals surface area contributed by atoms with Crippen LogP contribution in [0.4, 0.5) is 5.69 Å². The van der Waals surface area contributed by atoms with E-state index in [9.17, 15) is 5.11 Å². The number of nitrogens with two attached hydrogens (primary N) is 1. The third-order valence-electron chi connectivity index (χ3n) is 2.75. The van der Waals surface area contributed by atoms with Gasteiger partial charge in [-0.15, -0.1) is 0 Å². The van der Waals surface area contributed by atoms with E-state index in [-0.39, 0.29) is 6.61 Å². The minimum absolute atomic E-state index is 0.192. The molecule has 0 radical (unpaired) electrons. The number of rotatable bonds is 4. The van der Waals surface area contributed by atoms with Gasteiger partial charge in [0.05, 0.1) is 0 Å². The largest absolute Gasteiger partial charge is 0.491 e. The highest BCUT2D eigenvalue weighted by Crippen LogP contribution is 2.21. The monoisotopic (exact) mass is 243 g/mol. The van der Waals surface area contributed by atoms with Crippen molar-refractivity contribution in [2.75, 3.05) is 12.3 Å². The summed E-state index contributed by atoms with van der Waals surface area (Å²) in [6, 6.07) is 15.0. The molecular formula is C15H17NO2. The molecule has 0 saturated heterocycles. The summed E-state index contributed by atoms with van der Waals surface area (Å²) < 4.78 is 5.55. The summed E-state index contributed by atoms with van der Waals surface area (Å²) in [7, 11) is 0. The van der Waals surface area contributed by atoms with Crippen LogP contribution in [-0.4, -0.2) is 11.7 Å². The zero-order valence-corrected chi connectivity index (χ0v) is 10.3. The van der Waals surface area contributed by atoms with Crippen LogP contribution in [0, 0.1) is 6.92 Å². The first kappa shape index (κ1) is 12.5. The average Bonchev–Trinajstić information content (AvgIpc) is 2.37. The molecule has 0 fully saturated rings. The maximum atomic E-state index is 10.0. The van der Waals surface area contributed by atoms with Crippen LogP contribution in [0.25, 0.3) is 0 Å². The molecule has 0 aliphatic rings. The number of aliphatic hydroxyl groups is 1. The van der Waals surface area contributed by atoms with Gasteiger partial charge in [0.25, 0.3) is 0 Å². The lowest BCUT2D eigenvalue weighted by atomic mass is 10.1. The second-order valence-electron chi connectivity index (χ2n) is 4.27. The Hall–Kier alpha value is -2.00. The quantitative estimate of drug-likeness (QED) is 0.812. The van der Waals surface area contributed by atoms with Crippen LogP contribution in [0.5, 0.6) is 5.75 Å². The molecule has 0 aliphatic carbocycles. The van der Waals surface area contributed by atoms with Crippen molar-refractivity contribution in [3.63, 3.8) is 0 Å². The van der Waals surface area contributed by atoms with E-state index in [1.807, 2.05) is 43.3 Å². The maximum Gasteiger partial charge on any atom is 0.119 e. The Labute approximate surface area is 107 Å². The van der Waals surface area contributed by atoms with Crippen molar-refractivity contribution < 1.29 is 9.84 Å². The average molecular weight is 243 g/mol. The molecule has 94 valence electrons. The molecule has 3 nitrogen and oxygen atoms in total. The lowest BCUT2D eigenvalue weighted by Crippen LogP contribution is -2.11. The fraction of sp³-hybridized carbons (Fsp3) is 0.200. The Morgan fingerprint density at radius 3 is 2.67 bits per heavy atom. The van der Waals surface area contributed by atoms with Gasteiger partial charge in [-0.05, 0) is 30.7 Å². The molecule has 0 amide bonds. The zero-order chi connectivity index (χ0) is 13.0. The number of benzene rings is 2. The standard InChI is InChI=1S/C15H17NO2/c1-11-5-4-6-12(9-11)18-10-15(17)13-7-2-3-8-14(13)16/h2-9,15,17H,10,16H2,1H3. The van der Waals surface area contributed by atoms with Crippen molar-refractivity contribution in [1.29, 1.82) is 0 Å². The molecule has 18 heavy (non-hydrogen) atoms. The predicted molar refractivity (Wildman–Crippen MR) is 72.5 cm³/mol. The van der Waals surface area contributed by atoms with Gasteiger partial charge in [0.2, 0.25) is 0 Å². The molecule has 3 heteroatoms. The van der Waals surface area contributed by atoms with Gasteiger partial charge in [-0.25, -0.2) is 0 Å². The molecular weight excluding hydrogens is 226 g/mol. The van der Waals surface area contributed by atoms with Gasteiger partial charge in [0.1, 0.15) is 18.5 Å². The number of para-hydroxylation sites is 1. The Bertz CT molecular complexity index is 525. The molecule has 0 saturated carbocycles. The van der Waals surface area contributed by atoms with E-state index in [4.69, 9.17) is 10.5 Å². The van der Waals surface area contributed by atoms with Gasteiger partial charge < -0.3 is 15.6 Å². The topological polar surface area (TPSA) is 55.5 Å². The lowest BCUT2D eigenvalue weighted by Gasteiger charge is -2.14. The molecule has 2 rings (SSSR count). The predicted octanol–water partition coefficient (Wildman–Crippen LogP) is 2.69. The number of hydrogen-bond donors (Lipinski definition) is 2. The number of aliphatic hydroxyl groups excluding tert-OH is 1. The van der Waals surface area contributed by atoms with Gasteiger partial charge in [0.15, 0.2) is 0 Å². The summed E-state index contributed by atoms with van der Waals surface area (Å²) in [5, 5.41) is 10.0. The Kier molecular flexibility index (Phi) is 3.85. The third kappa shape index (κ3) is 3.02. The van der Waals surface area contributed by atoms with Gasteiger partial charge in [-0.3, -0.25) is 0 Å². The van der Waals surface area contributed by atoms with Crippen LogP contribution in [0.2, 0.25) is 0 Å². The second-order valence-corrected chi connectivity index (χ2v) is 4.27. The normalized spacial score (nSPS) is 12.1. The molecule has 1 atom stereocenters. The highest BCUT2D eigenvalue weighted by atomic mass is 16.5. The molecule has 2 aromatic carbocycles. The van der Waals surface area contributed by atoms with Crippen molar-refractivity contribution in [3.05, 3.63) is 59.7 Å². The second kappa shape index (κ2) is 5.56. The summed E-state index contributed by atoms with van der Waals surface area (Å²) in [5.41, 5.74) is 8.21. The van der Waals surface area contributed by atoms with Crippen molar-refractivity contribution in [1.82, 2.24) is 0 Å². The summed E-state index contributed by atoms with van der Waals surface area (Å²) >= 11 is 0. The van der Waals surface area contributed by atoms with E-state index in [0.717, 1.165) is 11.3 Å². The summed E-state index contributed by atoms with van der Waals surface area (Å²) in [6.07, 6.45) is -0.716. The minimum Gasteiger partial charge on any atom is -0.491 e. The first-order valence-corrected chi connectivity index (χ1v) is 5.89. The highest BCUT2D eigenvalue weighted by molar-refractivity contribution is 5.47. The summed E-state index contributed by atoms with van der Waals surface area (Å²) in [5.74, 6) is 0.753. The van der Waals surface area contributed by atoms with Crippen molar-refractivity contribution >= 4 is 5.69 Å². The van der Waals surface area contributed by atoms with E-state index < -0.39 is 6.10 Å². The maximum absolute atomic E-state index is 10.0. The van der Waals surface area contributed by atoms with Crippen LogP contribution in [0.15, 0.2) is 48.5 Å². The molecule has 0 spiro atoms. The van der Waals surface area contributed by atoms with E-state index in [1.54, 1.807) is 12.1 Å². The minimum atomic E-state index is -0.716. The molecule has 1 unspecified atom stereocenters. The van der Waals surface area contributed by atoms with Crippen LogP contribution >= 0.6 is 0 Å². The molecule has 0 heterocycles. The number of ether oxygens (including phenoxy) is 1. The van der Waals surface area contributed by atoms with Crippen molar-refractivity contribution in [2.45, 2.75) is 13.0 Å². The van der Waals surface area contributed by atoms with Crippen LogP contribution in [0.1, 0.15) is 17.2 Å². The SMILES string of the molecule is Cc1cccc(OCC(O)c2ccccc2N)c1. The van der Waals surface area contributed by atoms with Gasteiger partial charge in [0, 0.05) is 11.3 Å². The molecule has 3 N–H and O–H groups in total. The van der Waals surface area contributed by atoms with E-state index >= 15 is 0 Å². The van der Waals surface area contributed by atoms with Crippen LogP contribution in [-0.2, 0) is 0 Å². The molecule has 0 bridgehead atoms. The first-order valence-electron chi connectivity index (χ1n) is 5.89. The number of hydrogen-bond acceptors (Lipinski definition) is 3. The summed E-state index contributed by atoms with van der Waals surface area (Å²) in [6.45, 7) is 2.19. The smallest absolute Gasteiger partial charge is 0.119 e. The van der Waals surface area contributed by atoms with E-state index in [2.05, 4.69) is 0 Å². The Morgan fingerprint density at radius 1 is 1.17 bits per heavy atom. The lowest BCUT2D eigenvalue weighted by molar-refractivity contribution is 0.109. The number of aryl methyl sites for hydroxylation is 1. The molecule has 2 aromatic rings. The third-order valence-corrected chi connectivity index (χ3v) is 2.75. The van der Waals surface area contributed by atoms with Crippen LogP contribution in [0.3, 0.4) is 0 Å². The van der Waals surface area contributed by atoms with Crippen molar-refractivity contribution in [2.24, 2.45) is 0 Å². The molecule has 0 aromatic heterocycles. The van der Waals surface area contributed by atoms with Crippen molar-refractivity contribution in [3.8, 4) is 5.75 Å². The molecule has 0 aliphatic heterocycles. The first-order chi connectivity index (χ1) is 8.66. The fourth-order valence-corrected chi connectivity index (χ4v) is 1.78. The van der Waals surface area contributed by atoms with E-state index in [1.165, 1.54) is 0 Å². The number of nitrogen functional groups attached to an aromatic ring is 1. The number of anilines is 1. The van der Waals surface area contributed by atoms with E-state index in [0.29, 0.717) is 11.3 Å². The van der Waals surface area contributed by atoms with Crippen LogP contribution < -0.4 is 10.5 Å². The van der Waals surface area contributed by atoms with Gasteiger partial charge >= 0.3 is 0 Å².